The lowest BCUT2D eigenvalue weighted by Gasteiger charge is -2.26. The summed E-state index contributed by atoms with van der Waals surface area (Å²) in [5.74, 6) is 0.160. The number of nitrogens with one attached hydrogen (secondary N) is 3. The van der Waals surface area contributed by atoms with Gasteiger partial charge in [-0.15, -0.1) is 11.6 Å². The molecule has 3 rings (SSSR count). The highest BCUT2D eigenvalue weighted by atomic mass is 35.5. The molecule has 0 aliphatic carbocycles. The first-order valence-electron chi connectivity index (χ1n) is 14.3. The van der Waals surface area contributed by atoms with Gasteiger partial charge < -0.3 is 19.9 Å². The number of carbonyl (C=O) groups is 2. The molecule has 5 atom stereocenters. The number of aromatic amines is 1. The molecule has 2 aromatic rings. The molecule has 1 aromatic heterocycles. The maximum atomic E-state index is 13.8. The van der Waals surface area contributed by atoms with Crippen LogP contribution in [0, 0.1) is 5.41 Å². The summed E-state index contributed by atoms with van der Waals surface area (Å²) < 4.78 is 36.9. The number of hydrogen-bond donors (Lipinski definition) is 4. The van der Waals surface area contributed by atoms with Crippen molar-refractivity contribution in [2.75, 3.05) is 32.1 Å². The van der Waals surface area contributed by atoms with Crippen LogP contribution in [0.15, 0.2) is 52.2 Å². The van der Waals surface area contributed by atoms with Crippen molar-refractivity contribution in [3.63, 3.8) is 0 Å². The van der Waals surface area contributed by atoms with Crippen LogP contribution in [-0.4, -0.2) is 75.1 Å². The standard InChI is InChI=1S/C28H40ClN4O10PS/c1-5-40-26(38)30-13-12-27(2,3)24(36)45-16-15-41-44(39,31-17-19-9-7-6-8-10-19)42-18-20-22(35)28(4,29)23(43-20)33-14-11-21(34)32-25(33)37/h6-11,14,20,22-23,35H,5,12-13,15-18H2,1-4H3,(H,30,38)(H,31,39)(H,32,34,37). The number of amides is 1. The number of benzene rings is 1. The molecule has 1 aliphatic heterocycles. The number of nitrogens with zero attached hydrogens (tertiary/aromatic N) is 1. The number of carbonyl (C=O) groups excluding carboxylic acids is 2. The van der Waals surface area contributed by atoms with E-state index in [1.807, 2.05) is 30.3 Å². The number of hydrogen-bond acceptors (Lipinski definition) is 11. The molecule has 2 heterocycles. The summed E-state index contributed by atoms with van der Waals surface area (Å²) >= 11 is 7.59. The second-order valence-corrected chi connectivity index (χ2v) is 14.7. The Bertz CT molecular complexity index is 1450. The summed E-state index contributed by atoms with van der Waals surface area (Å²) in [5, 5.41) is 16.2. The van der Waals surface area contributed by atoms with Crippen LogP contribution in [0.4, 0.5) is 4.79 Å². The molecular weight excluding hydrogens is 651 g/mol. The molecule has 250 valence electrons. The minimum Gasteiger partial charge on any atom is -0.450 e. The van der Waals surface area contributed by atoms with Gasteiger partial charge in [-0.05, 0) is 25.8 Å². The number of rotatable bonds is 16. The van der Waals surface area contributed by atoms with Gasteiger partial charge in [-0.1, -0.05) is 55.9 Å². The third-order valence-electron chi connectivity index (χ3n) is 6.97. The van der Waals surface area contributed by atoms with Crippen LogP contribution in [0.25, 0.3) is 0 Å². The lowest BCUT2D eigenvalue weighted by Crippen LogP contribution is -2.43. The SMILES string of the molecule is CCOC(=O)NCCC(C)(C)C(=O)SCCOP(=O)(NCc1ccccc1)OCC1OC(n2ccc(=O)[nH]c2=O)C(C)(Cl)C1O. The van der Waals surface area contributed by atoms with Crippen molar-refractivity contribution in [3.05, 3.63) is 69.0 Å². The molecule has 1 fully saturated rings. The molecular formula is C28H40ClN4O10PS. The fraction of sp³-hybridized carbons (Fsp3) is 0.571. The number of thioether (sulfide) groups is 1. The van der Waals surface area contributed by atoms with Gasteiger partial charge in [-0.3, -0.25) is 28.2 Å². The van der Waals surface area contributed by atoms with Gasteiger partial charge in [0.15, 0.2) is 11.3 Å². The Labute approximate surface area is 270 Å². The zero-order valence-electron chi connectivity index (χ0n) is 25.5. The molecule has 0 radical (unpaired) electrons. The number of H-pyrrole nitrogens is 1. The molecule has 0 bridgehead atoms. The number of aliphatic hydroxyl groups is 1. The Hall–Kier alpha value is -2.49. The molecule has 17 heteroatoms. The molecule has 5 unspecified atom stereocenters. The molecule has 1 aromatic carbocycles. The van der Waals surface area contributed by atoms with E-state index in [1.165, 1.54) is 13.1 Å². The smallest absolute Gasteiger partial charge is 0.407 e. The van der Waals surface area contributed by atoms with Crippen LogP contribution in [-0.2, 0) is 34.4 Å². The highest BCUT2D eigenvalue weighted by Gasteiger charge is 2.54. The monoisotopic (exact) mass is 690 g/mol. The third kappa shape index (κ3) is 10.5. The zero-order chi connectivity index (χ0) is 33.3. The maximum Gasteiger partial charge on any atom is 0.407 e. The van der Waals surface area contributed by atoms with Crippen LogP contribution in [0.3, 0.4) is 0 Å². The van der Waals surface area contributed by atoms with E-state index in [9.17, 15) is 28.8 Å². The average Bonchev–Trinajstić information content (AvgIpc) is 3.21. The van der Waals surface area contributed by atoms with Gasteiger partial charge in [0.05, 0.1) is 19.8 Å². The van der Waals surface area contributed by atoms with E-state index < -0.39 is 60.4 Å². The summed E-state index contributed by atoms with van der Waals surface area (Å²) in [4.78, 5) is 48.8. The van der Waals surface area contributed by atoms with Crippen molar-refractivity contribution in [2.24, 2.45) is 5.41 Å². The normalized spacial score (nSPS) is 22.9. The summed E-state index contributed by atoms with van der Waals surface area (Å²) in [6, 6.07) is 10.2. The van der Waals surface area contributed by atoms with Gasteiger partial charge in [0.1, 0.15) is 17.1 Å². The van der Waals surface area contributed by atoms with E-state index in [0.29, 0.717) is 6.42 Å². The first kappa shape index (κ1) is 37.0. The first-order chi connectivity index (χ1) is 21.2. The van der Waals surface area contributed by atoms with Crippen LogP contribution in [0.2, 0.25) is 0 Å². The van der Waals surface area contributed by atoms with Crippen molar-refractivity contribution in [3.8, 4) is 0 Å². The summed E-state index contributed by atoms with van der Waals surface area (Å²) in [7, 11) is -4.04. The van der Waals surface area contributed by atoms with Crippen molar-refractivity contribution in [1.82, 2.24) is 20.0 Å². The van der Waals surface area contributed by atoms with Crippen molar-refractivity contribution >= 4 is 42.3 Å². The van der Waals surface area contributed by atoms with Crippen LogP contribution < -0.4 is 21.7 Å². The van der Waals surface area contributed by atoms with E-state index in [1.54, 1.807) is 20.8 Å². The van der Waals surface area contributed by atoms with Crippen molar-refractivity contribution in [1.29, 1.82) is 0 Å². The lowest BCUT2D eigenvalue weighted by atomic mass is 9.91. The highest BCUT2D eigenvalue weighted by molar-refractivity contribution is 8.13. The second kappa shape index (κ2) is 16.4. The number of ether oxygens (including phenoxy) is 2. The molecule has 0 spiro atoms. The highest BCUT2D eigenvalue weighted by Crippen LogP contribution is 2.47. The van der Waals surface area contributed by atoms with Crippen molar-refractivity contribution < 1.29 is 37.8 Å². The first-order valence-corrected chi connectivity index (χ1v) is 17.2. The lowest BCUT2D eigenvalue weighted by molar-refractivity contribution is -0.118. The third-order valence-corrected chi connectivity index (χ3v) is 10.1. The largest absolute Gasteiger partial charge is 0.450 e. The van der Waals surface area contributed by atoms with Crippen LogP contribution in [0.1, 0.15) is 45.9 Å². The molecule has 1 saturated heterocycles. The van der Waals surface area contributed by atoms with Gasteiger partial charge in [0, 0.05) is 36.5 Å². The zero-order valence-corrected chi connectivity index (χ0v) is 28.0. The fourth-order valence-electron chi connectivity index (χ4n) is 4.30. The minimum absolute atomic E-state index is 0.122. The topological polar surface area (TPSA) is 187 Å². The Balaban J connectivity index is 1.61. The van der Waals surface area contributed by atoms with Gasteiger partial charge in [-0.25, -0.2) is 19.2 Å². The van der Waals surface area contributed by atoms with Gasteiger partial charge >= 0.3 is 19.5 Å². The second-order valence-electron chi connectivity index (χ2n) is 11.0. The van der Waals surface area contributed by atoms with Crippen LogP contribution >= 0.6 is 31.1 Å². The van der Waals surface area contributed by atoms with E-state index in [-0.39, 0.29) is 37.2 Å². The number of halogens is 1. The maximum absolute atomic E-state index is 13.8. The number of aliphatic hydroxyl groups excluding tert-OH is 1. The molecule has 0 saturated carbocycles. The Morgan fingerprint density at radius 2 is 1.93 bits per heavy atom. The Kier molecular flexibility index (Phi) is 13.4. The van der Waals surface area contributed by atoms with Gasteiger partial charge in [0.2, 0.25) is 0 Å². The molecule has 45 heavy (non-hydrogen) atoms. The average molecular weight is 691 g/mol. The summed E-state index contributed by atoms with van der Waals surface area (Å²) in [5.41, 5.74) is -1.35. The quantitative estimate of drug-likeness (QED) is 0.115. The number of aromatic nitrogens is 2. The van der Waals surface area contributed by atoms with Crippen LogP contribution in [0.5, 0.6) is 0 Å². The van der Waals surface area contributed by atoms with Crippen molar-refractivity contribution in [2.45, 2.75) is 64.0 Å². The Morgan fingerprint density at radius 1 is 1.22 bits per heavy atom. The summed E-state index contributed by atoms with van der Waals surface area (Å²) in [6.45, 7) is 6.77. The van der Waals surface area contributed by atoms with Gasteiger partial charge in [-0.2, -0.15) is 0 Å². The predicted octanol–water partition coefficient (Wildman–Crippen LogP) is 3.15. The number of alkyl carbamates (subject to hydrolysis) is 1. The number of alkyl halides is 1. The van der Waals surface area contributed by atoms with E-state index >= 15 is 0 Å². The van der Waals surface area contributed by atoms with E-state index in [0.717, 1.165) is 28.0 Å². The molecule has 1 amide bonds. The van der Waals surface area contributed by atoms with E-state index in [4.69, 9.17) is 30.1 Å². The summed E-state index contributed by atoms with van der Waals surface area (Å²) in [6.07, 6.45) is -2.62. The molecule has 14 nitrogen and oxygen atoms in total. The minimum atomic E-state index is -4.04. The predicted molar refractivity (Wildman–Crippen MR) is 169 cm³/mol. The van der Waals surface area contributed by atoms with Gasteiger partial charge in [0.25, 0.3) is 5.56 Å². The fourth-order valence-corrected chi connectivity index (χ4v) is 6.87. The Morgan fingerprint density at radius 3 is 2.60 bits per heavy atom. The van der Waals surface area contributed by atoms with E-state index in [2.05, 4.69) is 15.4 Å². The molecule has 4 N–H and O–H groups in total. The molecule has 1 aliphatic rings.